The van der Waals surface area contributed by atoms with Crippen LogP contribution in [0.2, 0.25) is 0 Å². The Morgan fingerprint density at radius 3 is 2.85 bits per heavy atom. The minimum Gasteiger partial charge on any atom is -0.465 e. The molecule has 0 atom stereocenters. The third kappa shape index (κ3) is 2.64. The van der Waals surface area contributed by atoms with Gasteiger partial charge in [-0.2, -0.15) is 0 Å². The zero-order valence-electron chi connectivity index (χ0n) is 11.3. The van der Waals surface area contributed by atoms with E-state index in [0.29, 0.717) is 32.9 Å². The molecule has 0 bridgehead atoms. The van der Waals surface area contributed by atoms with Crippen LogP contribution in [0, 0.1) is 6.92 Å². The first-order chi connectivity index (χ1) is 9.47. The number of thiocarbonyl (C=S) groups is 1. The van der Waals surface area contributed by atoms with E-state index < -0.39 is 5.97 Å². The van der Waals surface area contributed by atoms with Crippen molar-refractivity contribution in [3.05, 3.63) is 28.1 Å². The number of methoxy groups -OCH3 is 1. The Labute approximate surface area is 125 Å². The lowest BCUT2D eigenvalue weighted by Gasteiger charge is -2.09. The van der Waals surface area contributed by atoms with Crippen molar-refractivity contribution in [3.8, 4) is 0 Å². The first-order valence-electron chi connectivity index (χ1n) is 5.92. The zero-order valence-corrected chi connectivity index (χ0v) is 12.9. The summed E-state index contributed by atoms with van der Waals surface area (Å²) in [6, 6.07) is 1.56. The fourth-order valence-electron chi connectivity index (χ4n) is 1.79. The molecule has 1 aromatic heterocycles. The van der Waals surface area contributed by atoms with Gasteiger partial charge < -0.3 is 9.15 Å². The molecule has 5 nitrogen and oxygen atoms in total. The van der Waals surface area contributed by atoms with Crippen LogP contribution in [-0.4, -0.2) is 34.8 Å². The average molecular weight is 311 g/mol. The van der Waals surface area contributed by atoms with Gasteiger partial charge in [-0.15, -0.1) is 0 Å². The van der Waals surface area contributed by atoms with E-state index in [1.54, 1.807) is 19.1 Å². The number of esters is 1. The van der Waals surface area contributed by atoms with Crippen LogP contribution in [0.4, 0.5) is 0 Å². The molecule has 0 radical (unpaired) electrons. The first-order valence-corrected chi connectivity index (χ1v) is 7.14. The Kier molecular flexibility index (Phi) is 4.29. The van der Waals surface area contributed by atoms with Crippen molar-refractivity contribution in [2.24, 2.45) is 0 Å². The van der Waals surface area contributed by atoms with Crippen molar-refractivity contribution in [2.45, 2.75) is 13.8 Å². The normalized spacial score (nSPS) is 17.1. The van der Waals surface area contributed by atoms with E-state index >= 15 is 0 Å². The summed E-state index contributed by atoms with van der Waals surface area (Å²) in [5, 5.41) is 0. The number of amides is 1. The third-order valence-corrected chi connectivity index (χ3v) is 4.18. The van der Waals surface area contributed by atoms with Crippen LogP contribution in [0.5, 0.6) is 0 Å². The minimum atomic E-state index is -0.466. The lowest BCUT2D eigenvalue weighted by molar-refractivity contribution is -0.122. The summed E-state index contributed by atoms with van der Waals surface area (Å²) in [4.78, 5) is 25.5. The molecule has 2 rings (SSSR count). The van der Waals surface area contributed by atoms with Gasteiger partial charge in [0, 0.05) is 12.6 Å². The number of hydrogen-bond acceptors (Lipinski definition) is 6. The second kappa shape index (κ2) is 5.80. The van der Waals surface area contributed by atoms with Gasteiger partial charge in [-0.3, -0.25) is 9.69 Å². The van der Waals surface area contributed by atoms with Gasteiger partial charge in [-0.1, -0.05) is 24.0 Å². The van der Waals surface area contributed by atoms with Crippen molar-refractivity contribution in [1.29, 1.82) is 0 Å². The number of aryl methyl sites for hydroxylation is 1. The summed E-state index contributed by atoms with van der Waals surface area (Å²) in [5.41, 5.74) is 0.352. The fraction of sp³-hybridized carbons (Fsp3) is 0.308. The van der Waals surface area contributed by atoms with Crippen LogP contribution in [0.25, 0.3) is 6.08 Å². The zero-order chi connectivity index (χ0) is 14.9. The lowest BCUT2D eigenvalue weighted by atomic mass is 10.2. The number of carbonyl (C=O) groups is 2. The number of furan rings is 1. The van der Waals surface area contributed by atoms with Gasteiger partial charge in [0.05, 0.1) is 12.0 Å². The van der Waals surface area contributed by atoms with Gasteiger partial charge in [0.25, 0.3) is 5.91 Å². The van der Waals surface area contributed by atoms with Crippen molar-refractivity contribution in [1.82, 2.24) is 4.90 Å². The molecule has 0 spiro atoms. The number of carbonyl (C=O) groups excluding carboxylic acids is 2. The summed E-state index contributed by atoms with van der Waals surface area (Å²) in [5.74, 6) is 0.275. The molecule has 1 fully saturated rings. The molecule has 2 heterocycles. The SMILES string of the molecule is CCN1C(=O)/C(=C\c2cc(C(=O)OC)c(C)o2)SC1=S. The van der Waals surface area contributed by atoms with E-state index in [1.807, 2.05) is 6.92 Å². The monoisotopic (exact) mass is 311 g/mol. The maximum absolute atomic E-state index is 12.0. The highest BCUT2D eigenvalue weighted by Crippen LogP contribution is 2.32. The molecule has 0 N–H and O–H groups in total. The Morgan fingerprint density at radius 1 is 1.60 bits per heavy atom. The Balaban J connectivity index is 2.31. The van der Waals surface area contributed by atoms with Gasteiger partial charge in [-0.05, 0) is 19.9 Å². The predicted molar refractivity (Wildman–Crippen MR) is 80.3 cm³/mol. The number of likely N-dealkylation sites (N-methyl/N-ethyl adjacent to an activating group) is 1. The second-order valence-corrected chi connectivity index (χ2v) is 5.71. The molecule has 0 aromatic carbocycles. The van der Waals surface area contributed by atoms with Crippen LogP contribution in [0.1, 0.15) is 28.8 Å². The van der Waals surface area contributed by atoms with E-state index in [2.05, 4.69) is 4.74 Å². The topological polar surface area (TPSA) is 59.8 Å². The molecule has 1 aliphatic rings. The second-order valence-electron chi connectivity index (χ2n) is 4.04. The van der Waals surface area contributed by atoms with Gasteiger partial charge >= 0.3 is 5.97 Å². The van der Waals surface area contributed by atoms with Gasteiger partial charge in [0.15, 0.2) is 0 Å². The van der Waals surface area contributed by atoms with Crippen molar-refractivity contribution < 1.29 is 18.7 Å². The van der Waals surface area contributed by atoms with Crippen molar-refractivity contribution in [2.75, 3.05) is 13.7 Å². The molecule has 1 aliphatic heterocycles. The Hall–Kier alpha value is -1.60. The van der Waals surface area contributed by atoms with E-state index in [9.17, 15) is 9.59 Å². The van der Waals surface area contributed by atoms with E-state index in [-0.39, 0.29) is 5.91 Å². The Morgan fingerprint density at radius 2 is 2.30 bits per heavy atom. The third-order valence-electron chi connectivity index (χ3n) is 2.81. The summed E-state index contributed by atoms with van der Waals surface area (Å²) in [7, 11) is 1.31. The summed E-state index contributed by atoms with van der Waals surface area (Å²) in [6.07, 6.45) is 1.59. The minimum absolute atomic E-state index is 0.142. The van der Waals surface area contributed by atoms with Crippen molar-refractivity contribution in [3.63, 3.8) is 0 Å². The largest absolute Gasteiger partial charge is 0.465 e. The molecule has 0 aliphatic carbocycles. The molecular weight excluding hydrogens is 298 g/mol. The average Bonchev–Trinajstić information content (AvgIpc) is 2.90. The molecule has 1 aromatic rings. The lowest BCUT2D eigenvalue weighted by Crippen LogP contribution is -2.27. The van der Waals surface area contributed by atoms with E-state index in [1.165, 1.54) is 23.8 Å². The molecule has 1 saturated heterocycles. The van der Waals surface area contributed by atoms with E-state index in [4.69, 9.17) is 16.6 Å². The smallest absolute Gasteiger partial charge is 0.341 e. The van der Waals surface area contributed by atoms with Gasteiger partial charge in [0.1, 0.15) is 21.4 Å². The highest BCUT2D eigenvalue weighted by atomic mass is 32.2. The first kappa shape index (κ1) is 14.8. The number of hydrogen-bond donors (Lipinski definition) is 0. The molecule has 106 valence electrons. The highest BCUT2D eigenvalue weighted by Gasteiger charge is 2.31. The quantitative estimate of drug-likeness (QED) is 0.486. The Bertz CT molecular complexity index is 618. The fourth-order valence-corrected chi connectivity index (χ4v) is 3.15. The molecular formula is C13H13NO4S2. The predicted octanol–water partition coefficient (Wildman–Crippen LogP) is 2.60. The number of nitrogens with zero attached hydrogens (tertiary/aromatic N) is 1. The number of rotatable bonds is 3. The van der Waals surface area contributed by atoms with Crippen LogP contribution in [0.3, 0.4) is 0 Å². The molecule has 20 heavy (non-hydrogen) atoms. The van der Waals surface area contributed by atoms with Crippen LogP contribution in [-0.2, 0) is 9.53 Å². The van der Waals surface area contributed by atoms with Crippen LogP contribution >= 0.6 is 24.0 Å². The van der Waals surface area contributed by atoms with Crippen molar-refractivity contribution >= 4 is 46.3 Å². The molecule has 0 unspecified atom stereocenters. The van der Waals surface area contributed by atoms with Gasteiger partial charge in [-0.25, -0.2) is 4.79 Å². The maximum atomic E-state index is 12.0. The number of thioether (sulfide) groups is 1. The summed E-state index contributed by atoms with van der Waals surface area (Å²) < 4.78 is 10.6. The molecule has 7 heteroatoms. The maximum Gasteiger partial charge on any atom is 0.341 e. The van der Waals surface area contributed by atoms with Crippen LogP contribution < -0.4 is 0 Å². The van der Waals surface area contributed by atoms with E-state index in [0.717, 1.165) is 0 Å². The highest BCUT2D eigenvalue weighted by molar-refractivity contribution is 8.26. The van der Waals surface area contributed by atoms with Crippen LogP contribution in [0.15, 0.2) is 15.4 Å². The molecule has 1 amide bonds. The standard InChI is InChI=1S/C13H13NO4S2/c1-4-14-11(15)10(20-13(14)19)6-8-5-9(7(2)18-8)12(16)17-3/h5-6H,4H2,1-3H3/b10-6+. The number of ether oxygens (including phenoxy) is 1. The summed E-state index contributed by atoms with van der Waals surface area (Å²) >= 11 is 6.35. The molecule has 0 saturated carbocycles. The summed E-state index contributed by atoms with van der Waals surface area (Å²) in [6.45, 7) is 4.06. The van der Waals surface area contributed by atoms with Gasteiger partial charge in [0.2, 0.25) is 0 Å².